The molecule has 0 unspecified atom stereocenters. The maximum absolute atomic E-state index is 11.8. The molecule has 0 aliphatic heterocycles. The van der Waals surface area contributed by atoms with Crippen LogP contribution in [0.2, 0.25) is 0 Å². The van der Waals surface area contributed by atoms with E-state index >= 15 is 0 Å². The number of nitrogens with one attached hydrogen (secondary N) is 1. The predicted molar refractivity (Wildman–Crippen MR) is 70.4 cm³/mol. The number of hydrogen-bond donors (Lipinski definition) is 2. The first-order valence-corrected chi connectivity index (χ1v) is 5.79. The van der Waals surface area contributed by atoms with Gasteiger partial charge in [-0.1, -0.05) is 12.2 Å². The number of rotatable bonds is 7. The Morgan fingerprint density at radius 3 is 2.56 bits per heavy atom. The molecule has 1 heterocycles. The van der Waals surface area contributed by atoms with E-state index in [9.17, 15) is 9.90 Å². The van der Waals surface area contributed by atoms with Gasteiger partial charge in [0.25, 0.3) is 5.91 Å². The molecule has 1 amide bonds. The summed E-state index contributed by atoms with van der Waals surface area (Å²) in [6, 6.07) is 1.72. The van der Waals surface area contributed by atoms with Crippen LogP contribution in [0, 0.1) is 6.92 Å². The highest BCUT2D eigenvalue weighted by atomic mass is 16.3. The van der Waals surface area contributed by atoms with Crippen molar-refractivity contribution < 1.29 is 14.3 Å². The van der Waals surface area contributed by atoms with E-state index in [1.54, 1.807) is 25.1 Å². The van der Waals surface area contributed by atoms with Crippen molar-refractivity contribution in [1.82, 2.24) is 5.32 Å². The van der Waals surface area contributed by atoms with Crippen LogP contribution in [0.3, 0.4) is 0 Å². The van der Waals surface area contributed by atoms with Crippen LogP contribution in [0.5, 0.6) is 0 Å². The van der Waals surface area contributed by atoms with Crippen LogP contribution in [-0.4, -0.2) is 23.2 Å². The van der Waals surface area contributed by atoms with Gasteiger partial charge in [-0.25, -0.2) is 0 Å². The van der Waals surface area contributed by atoms with E-state index in [0.717, 1.165) is 5.56 Å². The van der Waals surface area contributed by atoms with E-state index in [0.29, 0.717) is 12.8 Å². The zero-order valence-corrected chi connectivity index (χ0v) is 10.6. The molecule has 0 aromatic carbocycles. The molecule has 2 N–H and O–H groups in total. The molecule has 18 heavy (non-hydrogen) atoms. The summed E-state index contributed by atoms with van der Waals surface area (Å²) in [5, 5.41) is 12.9. The van der Waals surface area contributed by atoms with Gasteiger partial charge in [-0.05, 0) is 25.8 Å². The molecule has 0 spiro atoms. The normalized spacial score (nSPS) is 11.0. The Morgan fingerprint density at radius 1 is 1.50 bits per heavy atom. The number of amides is 1. The zero-order chi connectivity index (χ0) is 13.6. The molecule has 0 saturated carbocycles. The van der Waals surface area contributed by atoms with Crippen LogP contribution in [0.25, 0.3) is 0 Å². The number of carbonyl (C=O) groups excluding carboxylic acids is 1. The number of furan rings is 1. The Balaban J connectivity index is 2.62. The SMILES string of the molecule is C=CCC(O)(CC=C)CNC(=O)c1occc1C. The first kappa shape index (κ1) is 14.3. The maximum atomic E-state index is 11.8. The molecule has 0 bridgehead atoms. The second kappa shape index (κ2) is 6.21. The highest BCUT2D eigenvalue weighted by Gasteiger charge is 2.25. The van der Waals surface area contributed by atoms with Crippen molar-refractivity contribution in [3.05, 3.63) is 49.0 Å². The summed E-state index contributed by atoms with van der Waals surface area (Å²) in [5.41, 5.74) is -0.275. The lowest BCUT2D eigenvalue weighted by Crippen LogP contribution is -2.42. The lowest BCUT2D eigenvalue weighted by atomic mass is 9.95. The van der Waals surface area contributed by atoms with Crippen LogP contribution < -0.4 is 5.32 Å². The van der Waals surface area contributed by atoms with E-state index in [1.165, 1.54) is 6.26 Å². The average molecular weight is 249 g/mol. The predicted octanol–water partition coefficient (Wildman–Crippen LogP) is 2.20. The molecule has 1 aromatic heterocycles. The molecule has 0 fully saturated rings. The van der Waals surface area contributed by atoms with Crippen molar-refractivity contribution in [2.45, 2.75) is 25.4 Å². The van der Waals surface area contributed by atoms with E-state index in [2.05, 4.69) is 18.5 Å². The Morgan fingerprint density at radius 2 is 2.11 bits per heavy atom. The number of hydrogen-bond acceptors (Lipinski definition) is 3. The molecule has 1 rings (SSSR count). The Labute approximate surface area is 107 Å². The van der Waals surface area contributed by atoms with Gasteiger partial charge in [-0.3, -0.25) is 4.79 Å². The van der Waals surface area contributed by atoms with Gasteiger partial charge in [0.1, 0.15) is 0 Å². The lowest BCUT2D eigenvalue weighted by molar-refractivity contribution is 0.0431. The fourth-order valence-corrected chi connectivity index (χ4v) is 1.70. The Bertz CT molecular complexity index is 424. The van der Waals surface area contributed by atoms with Crippen LogP contribution in [0.1, 0.15) is 29.0 Å². The van der Waals surface area contributed by atoms with Gasteiger partial charge < -0.3 is 14.8 Å². The Hall–Kier alpha value is -1.81. The second-order valence-electron chi connectivity index (χ2n) is 4.33. The van der Waals surface area contributed by atoms with Crippen molar-refractivity contribution in [2.24, 2.45) is 0 Å². The minimum absolute atomic E-state index is 0.129. The lowest BCUT2D eigenvalue weighted by Gasteiger charge is -2.25. The van der Waals surface area contributed by atoms with Crippen molar-refractivity contribution in [3.63, 3.8) is 0 Å². The molecule has 98 valence electrons. The van der Waals surface area contributed by atoms with Crippen molar-refractivity contribution in [1.29, 1.82) is 0 Å². The monoisotopic (exact) mass is 249 g/mol. The third-order valence-corrected chi connectivity index (χ3v) is 2.69. The van der Waals surface area contributed by atoms with Crippen LogP contribution in [0.4, 0.5) is 0 Å². The van der Waals surface area contributed by atoms with Crippen LogP contribution in [0.15, 0.2) is 42.1 Å². The molecular formula is C14H19NO3. The summed E-state index contributed by atoms with van der Waals surface area (Å²) in [6.45, 7) is 9.11. The minimum Gasteiger partial charge on any atom is -0.459 e. The van der Waals surface area contributed by atoms with Gasteiger partial charge in [0, 0.05) is 12.1 Å². The molecule has 0 atom stereocenters. The van der Waals surface area contributed by atoms with Crippen molar-refractivity contribution in [3.8, 4) is 0 Å². The minimum atomic E-state index is -1.04. The van der Waals surface area contributed by atoms with Gasteiger partial charge in [0.15, 0.2) is 5.76 Å². The fourth-order valence-electron chi connectivity index (χ4n) is 1.70. The molecule has 1 aromatic rings. The van der Waals surface area contributed by atoms with Gasteiger partial charge in [0.2, 0.25) is 0 Å². The number of aryl methyl sites for hydroxylation is 1. The van der Waals surface area contributed by atoms with E-state index in [4.69, 9.17) is 4.42 Å². The summed E-state index contributed by atoms with van der Waals surface area (Å²) < 4.78 is 5.08. The fraction of sp³-hybridized carbons (Fsp3) is 0.357. The molecule has 0 aliphatic rings. The maximum Gasteiger partial charge on any atom is 0.287 e. The number of carbonyl (C=O) groups is 1. The van der Waals surface area contributed by atoms with Crippen LogP contribution in [-0.2, 0) is 0 Å². The van der Waals surface area contributed by atoms with Gasteiger partial charge >= 0.3 is 0 Å². The first-order chi connectivity index (χ1) is 8.52. The van der Waals surface area contributed by atoms with Crippen molar-refractivity contribution >= 4 is 5.91 Å². The zero-order valence-electron chi connectivity index (χ0n) is 10.6. The quantitative estimate of drug-likeness (QED) is 0.728. The summed E-state index contributed by atoms with van der Waals surface area (Å²) in [7, 11) is 0. The summed E-state index contributed by atoms with van der Waals surface area (Å²) in [5.74, 6) is -0.0568. The Kier molecular flexibility index (Phi) is 4.92. The highest BCUT2D eigenvalue weighted by Crippen LogP contribution is 2.16. The summed E-state index contributed by atoms with van der Waals surface area (Å²) in [4.78, 5) is 11.8. The van der Waals surface area contributed by atoms with E-state index in [1.807, 2.05) is 0 Å². The van der Waals surface area contributed by atoms with Gasteiger partial charge in [-0.15, -0.1) is 13.2 Å². The van der Waals surface area contributed by atoms with E-state index < -0.39 is 5.60 Å². The van der Waals surface area contributed by atoms with Crippen LogP contribution >= 0.6 is 0 Å². The molecule has 0 aliphatic carbocycles. The third kappa shape index (κ3) is 3.60. The molecule has 4 nitrogen and oxygen atoms in total. The van der Waals surface area contributed by atoms with E-state index in [-0.39, 0.29) is 18.2 Å². The van der Waals surface area contributed by atoms with Crippen molar-refractivity contribution in [2.75, 3.05) is 6.54 Å². The molecule has 0 radical (unpaired) electrons. The standard InChI is InChI=1S/C14H19NO3/c1-4-7-14(17,8-5-2)10-15-13(16)12-11(3)6-9-18-12/h4-6,9,17H,1-2,7-8,10H2,3H3,(H,15,16). The first-order valence-electron chi connectivity index (χ1n) is 5.79. The average Bonchev–Trinajstić information content (AvgIpc) is 2.73. The third-order valence-electron chi connectivity index (χ3n) is 2.69. The van der Waals surface area contributed by atoms with Gasteiger partial charge in [0.05, 0.1) is 11.9 Å². The molecule has 4 heteroatoms. The molecular weight excluding hydrogens is 230 g/mol. The molecule has 0 saturated heterocycles. The summed E-state index contributed by atoms with van der Waals surface area (Å²) >= 11 is 0. The highest BCUT2D eigenvalue weighted by molar-refractivity contribution is 5.92. The number of aliphatic hydroxyl groups is 1. The second-order valence-corrected chi connectivity index (χ2v) is 4.33. The smallest absolute Gasteiger partial charge is 0.287 e. The summed E-state index contributed by atoms with van der Waals surface area (Å²) in [6.07, 6.45) is 5.47. The van der Waals surface area contributed by atoms with Gasteiger partial charge in [-0.2, -0.15) is 0 Å². The largest absolute Gasteiger partial charge is 0.459 e. The topological polar surface area (TPSA) is 62.5 Å².